The molecule has 114 valence electrons. The zero-order chi connectivity index (χ0) is 15.0. The van der Waals surface area contributed by atoms with Crippen LogP contribution >= 0.6 is 15.9 Å². The molecule has 0 amide bonds. The van der Waals surface area contributed by atoms with Gasteiger partial charge in [-0.2, -0.15) is 0 Å². The second kappa shape index (κ2) is 9.21. The van der Waals surface area contributed by atoms with Crippen LogP contribution in [0.3, 0.4) is 0 Å². The largest absolute Gasteiger partial charge is 0.490 e. The zero-order valence-electron chi connectivity index (χ0n) is 12.7. The van der Waals surface area contributed by atoms with Crippen LogP contribution < -0.4 is 14.8 Å². The average Bonchev–Trinajstić information content (AvgIpc) is 2.41. The van der Waals surface area contributed by atoms with Crippen LogP contribution in [0.5, 0.6) is 11.5 Å². The quantitative estimate of drug-likeness (QED) is 0.744. The van der Waals surface area contributed by atoms with Crippen LogP contribution in [-0.4, -0.2) is 33.0 Å². The number of hydrogen-bond donors (Lipinski definition) is 1. The molecule has 1 unspecified atom stereocenters. The van der Waals surface area contributed by atoms with Gasteiger partial charge in [-0.05, 0) is 54.0 Å². The Bertz CT molecular complexity index is 412. The molecule has 0 saturated carbocycles. The fourth-order valence-electron chi connectivity index (χ4n) is 1.84. The maximum Gasteiger partial charge on any atom is 0.175 e. The standard InChI is InChI=1S/C15H24BrNO3/c1-5-17-9-12-7-13(16)15(14(8-12)19-6-2)20-11(3)10-18-4/h7-8,11,17H,5-6,9-10H2,1-4H3. The number of ether oxygens (including phenoxy) is 3. The van der Waals surface area contributed by atoms with Crippen molar-refractivity contribution in [3.63, 3.8) is 0 Å². The van der Waals surface area contributed by atoms with Gasteiger partial charge in [0.05, 0.1) is 17.7 Å². The van der Waals surface area contributed by atoms with Gasteiger partial charge in [0.2, 0.25) is 0 Å². The maximum absolute atomic E-state index is 5.91. The number of benzene rings is 1. The van der Waals surface area contributed by atoms with E-state index in [1.165, 1.54) is 0 Å². The molecule has 0 saturated heterocycles. The monoisotopic (exact) mass is 345 g/mol. The summed E-state index contributed by atoms with van der Waals surface area (Å²) in [6.45, 7) is 8.91. The molecule has 0 aliphatic carbocycles. The lowest BCUT2D eigenvalue weighted by molar-refractivity contribution is 0.0888. The molecule has 1 aromatic carbocycles. The van der Waals surface area contributed by atoms with E-state index >= 15 is 0 Å². The van der Waals surface area contributed by atoms with Gasteiger partial charge in [0, 0.05) is 13.7 Å². The van der Waals surface area contributed by atoms with E-state index in [0.29, 0.717) is 13.2 Å². The van der Waals surface area contributed by atoms with Crippen LogP contribution in [0.25, 0.3) is 0 Å². The Kier molecular flexibility index (Phi) is 7.95. The van der Waals surface area contributed by atoms with Gasteiger partial charge in [-0.1, -0.05) is 6.92 Å². The lowest BCUT2D eigenvalue weighted by Gasteiger charge is -2.19. The van der Waals surface area contributed by atoms with Crippen LogP contribution in [0.15, 0.2) is 16.6 Å². The third-order valence-electron chi connectivity index (χ3n) is 2.67. The summed E-state index contributed by atoms with van der Waals surface area (Å²) in [5, 5.41) is 3.30. The summed E-state index contributed by atoms with van der Waals surface area (Å²) in [4.78, 5) is 0. The van der Waals surface area contributed by atoms with Crippen LogP contribution in [0.1, 0.15) is 26.3 Å². The molecule has 0 aromatic heterocycles. The van der Waals surface area contributed by atoms with Gasteiger partial charge in [0.1, 0.15) is 6.10 Å². The molecule has 0 aliphatic heterocycles. The first-order valence-corrected chi connectivity index (χ1v) is 7.73. The fourth-order valence-corrected chi connectivity index (χ4v) is 2.42. The highest BCUT2D eigenvalue weighted by Crippen LogP contribution is 2.37. The van der Waals surface area contributed by atoms with E-state index < -0.39 is 0 Å². The third kappa shape index (κ3) is 5.31. The highest BCUT2D eigenvalue weighted by molar-refractivity contribution is 9.10. The van der Waals surface area contributed by atoms with Crippen LogP contribution in [0.2, 0.25) is 0 Å². The minimum absolute atomic E-state index is 0.0323. The van der Waals surface area contributed by atoms with Gasteiger partial charge >= 0.3 is 0 Å². The lowest BCUT2D eigenvalue weighted by atomic mass is 10.2. The number of nitrogens with one attached hydrogen (secondary N) is 1. The van der Waals surface area contributed by atoms with Crippen molar-refractivity contribution in [2.24, 2.45) is 0 Å². The summed E-state index contributed by atoms with van der Waals surface area (Å²) in [6, 6.07) is 4.08. The Hall–Kier alpha value is -0.780. The minimum Gasteiger partial charge on any atom is -0.490 e. The van der Waals surface area contributed by atoms with Gasteiger partial charge in [-0.25, -0.2) is 0 Å². The van der Waals surface area contributed by atoms with Crippen molar-refractivity contribution in [3.05, 3.63) is 22.2 Å². The van der Waals surface area contributed by atoms with Crippen molar-refractivity contribution >= 4 is 15.9 Å². The first-order valence-electron chi connectivity index (χ1n) is 6.93. The molecule has 0 fully saturated rings. The van der Waals surface area contributed by atoms with Crippen LogP contribution in [-0.2, 0) is 11.3 Å². The molecule has 0 radical (unpaired) electrons. The summed E-state index contributed by atoms with van der Waals surface area (Å²) < 4.78 is 17.6. The predicted octanol–water partition coefficient (Wildman–Crippen LogP) is 3.37. The summed E-state index contributed by atoms with van der Waals surface area (Å²) in [5.41, 5.74) is 1.16. The summed E-state index contributed by atoms with van der Waals surface area (Å²) >= 11 is 3.57. The van der Waals surface area contributed by atoms with Crippen molar-refractivity contribution in [1.82, 2.24) is 5.32 Å². The van der Waals surface area contributed by atoms with E-state index in [2.05, 4.69) is 34.2 Å². The Morgan fingerprint density at radius 2 is 2.05 bits per heavy atom. The second-order valence-electron chi connectivity index (χ2n) is 4.50. The molecular weight excluding hydrogens is 322 g/mol. The van der Waals surface area contributed by atoms with Gasteiger partial charge in [-0.3, -0.25) is 0 Å². The van der Waals surface area contributed by atoms with E-state index in [-0.39, 0.29) is 6.10 Å². The van der Waals surface area contributed by atoms with E-state index in [9.17, 15) is 0 Å². The van der Waals surface area contributed by atoms with Crippen molar-refractivity contribution < 1.29 is 14.2 Å². The maximum atomic E-state index is 5.91. The Morgan fingerprint density at radius 1 is 1.30 bits per heavy atom. The fraction of sp³-hybridized carbons (Fsp3) is 0.600. The molecule has 0 bridgehead atoms. The third-order valence-corrected chi connectivity index (χ3v) is 3.26. The number of halogens is 1. The van der Waals surface area contributed by atoms with Crippen molar-refractivity contribution in [1.29, 1.82) is 0 Å². The SMILES string of the molecule is CCNCc1cc(Br)c(OC(C)COC)c(OCC)c1. The van der Waals surface area contributed by atoms with E-state index in [0.717, 1.165) is 34.6 Å². The molecular formula is C15H24BrNO3. The Morgan fingerprint density at radius 3 is 2.65 bits per heavy atom. The predicted molar refractivity (Wildman–Crippen MR) is 84.7 cm³/mol. The molecule has 20 heavy (non-hydrogen) atoms. The smallest absolute Gasteiger partial charge is 0.175 e. The number of hydrogen-bond acceptors (Lipinski definition) is 4. The summed E-state index contributed by atoms with van der Waals surface area (Å²) in [5.74, 6) is 1.49. The minimum atomic E-state index is -0.0323. The molecule has 1 N–H and O–H groups in total. The molecule has 1 rings (SSSR count). The number of rotatable bonds is 9. The first kappa shape index (κ1) is 17.3. The average molecular weight is 346 g/mol. The zero-order valence-corrected chi connectivity index (χ0v) is 14.2. The van der Waals surface area contributed by atoms with Crippen molar-refractivity contribution in [3.8, 4) is 11.5 Å². The van der Waals surface area contributed by atoms with Crippen molar-refractivity contribution in [2.45, 2.75) is 33.4 Å². The Labute approximate surface area is 129 Å². The van der Waals surface area contributed by atoms with E-state index in [1.807, 2.05) is 19.9 Å². The molecule has 5 heteroatoms. The normalized spacial score (nSPS) is 12.2. The van der Waals surface area contributed by atoms with Crippen LogP contribution in [0, 0.1) is 0 Å². The summed E-state index contributed by atoms with van der Waals surface area (Å²) in [6.07, 6.45) is -0.0323. The van der Waals surface area contributed by atoms with Gasteiger partial charge in [-0.15, -0.1) is 0 Å². The van der Waals surface area contributed by atoms with Gasteiger partial charge in [0.25, 0.3) is 0 Å². The topological polar surface area (TPSA) is 39.7 Å². The van der Waals surface area contributed by atoms with Gasteiger partial charge < -0.3 is 19.5 Å². The first-order chi connectivity index (χ1) is 9.62. The summed E-state index contributed by atoms with van der Waals surface area (Å²) in [7, 11) is 1.66. The van der Waals surface area contributed by atoms with Crippen molar-refractivity contribution in [2.75, 3.05) is 26.9 Å². The molecule has 0 heterocycles. The van der Waals surface area contributed by atoms with Crippen LogP contribution in [0.4, 0.5) is 0 Å². The van der Waals surface area contributed by atoms with E-state index in [1.54, 1.807) is 7.11 Å². The Balaban J connectivity index is 2.95. The second-order valence-corrected chi connectivity index (χ2v) is 5.36. The molecule has 1 atom stereocenters. The van der Waals surface area contributed by atoms with Gasteiger partial charge in [0.15, 0.2) is 11.5 Å². The molecule has 0 spiro atoms. The molecule has 4 nitrogen and oxygen atoms in total. The molecule has 0 aliphatic rings. The highest BCUT2D eigenvalue weighted by Gasteiger charge is 2.15. The number of methoxy groups -OCH3 is 1. The highest BCUT2D eigenvalue weighted by atomic mass is 79.9. The molecule has 1 aromatic rings. The van der Waals surface area contributed by atoms with E-state index in [4.69, 9.17) is 14.2 Å². The lowest BCUT2D eigenvalue weighted by Crippen LogP contribution is -2.19.